The molecule has 1 aliphatic carbocycles. The van der Waals surface area contributed by atoms with Crippen LogP contribution in [0.1, 0.15) is 65.0 Å². The summed E-state index contributed by atoms with van der Waals surface area (Å²) in [7, 11) is 0. The lowest BCUT2D eigenvalue weighted by Gasteiger charge is -2.36. The number of phenols is 2. The Morgan fingerprint density at radius 3 is 2.15 bits per heavy atom. The van der Waals surface area contributed by atoms with Gasteiger partial charge in [0, 0.05) is 12.5 Å². The van der Waals surface area contributed by atoms with E-state index in [4.69, 9.17) is 9.47 Å². The molecule has 7 heteroatoms. The molecule has 0 radical (unpaired) electrons. The largest absolute Gasteiger partial charge is 0.508 e. The van der Waals surface area contributed by atoms with Crippen LogP contribution in [0.3, 0.4) is 0 Å². The fourth-order valence-electron chi connectivity index (χ4n) is 5.02. The summed E-state index contributed by atoms with van der Waals surface area (Å²) in [5, 5.41) is 19.2. The summed E-state index contributed by atoms with van der Waals surface area (Å²) < 4.78 is 10.9. The van der Waals surface area contributed by atoms with Crippen LogP contribution in [0.5, 0.6) is 17.2 Å². The third-order valence-corrected chi connectivity index (χ3v) is 7.41. The summed E-state index contributed by atoms with van der Waals surface area (Å²) in [5.41, 5.74) is 4.57. The molecule has 0 saturated carbocycles. The Hall–Kier alpha value is -5.17. The minimum atomic E-state index is -0.917. The molecule has 2 aromatic carbocycles. The van der Waals surface area contributed by atoms with Gasteiger partial charge in [-0.2, -0.15) is 0 Å². The van der Waals surface area contributed by atoms with E-state index in [1.54, 1.807) is 49.4 Å². The van der Waals surface area contributed by atoms with E-state index in [1.807, 2.05) is 64.2 Å². The van der Waals surface area contributed by atoms with E-state index in [0.29, 0.717) is 23.3 Å². The number of hydrogen-bond acceptors (Lipinski definition) is 7. The van der Waals surface area contributed by atoms with Gasteiger partial charge in [-0.1, -0.05) is 98.4 Å². The molecule has 0 saturated heterocycles. The first kappa shape index (κ1) is 35.3. The first-order chi connectivity index (χ1) is 21.8. The zero-order valence-electron chi connectivity index (χ0n) is 27.1. The van der Waals surface area contributed by atoms with Gasteiger partial charge >= 0.3 is 11.9 Å². The molecule has 46 heavy (non-hydrogen) atoms. The Morgan fingerprint density at radius 1 is 0.891 bits per heavy atom. The zero-order valence-corrected chi connectivity index (χ0v) is 27.1. The Kier molecular flexibility index (Phi) is 12.5. The molecule has 0 spiro atoms. The molecule has 1 aliphatic rings. The molecular weight excluding hydrogens is 580 g/mol. The summed E-state index contributed by atoms with van der Waals surface area (Å²) in [6.45, 7) is 13.5. The molecule has 240 valence electrons. The number of carbonyl (C=O) groups excluding carboxylic acids is 3. The van der Waals surface area contributed by atoms with Gasteiger partial charge in [-0.15, -0.1) is 0 Å². The molecule has 0 heterocycles. The number of Topliss-reactive ketones (excluding diaryl/α,β-unsaturated/α-hetero) is 1. The van der Waals surface area contributed by atoms with E-state index in [1.165, 1.54) is 18.2 Å². The summed E-state index contributed by atoms with van der Waals surface area (Å²) in [4.78, 5) is 38.2. The number of ketones is 1. The fourth-order valence-corrected chi connectivity index (χ4v) is 5.02. The number of carbonyl (C=O) groups is 3. The van der Waals surface area contributed by atoms with Crippen LogP contribution in [0.4, 0.5) is 0 Å². The van der Waals surface area contributed by atoms with Crippen LogP contribution in [0.2, 0.25) is 0 Å². The molecular formula is C39H42O7. The van der Waals surface area contributed by atoms with Gasteiger partial charge in [0.15, 0.2) is 11.9 Å². The number of benzene rings is 2. The lowest BCUT2D eigenvalue weighted by molar-refractivity contribution is -0.157. The zero-order chi connectivity index (χ0) is 33.9. The monoisotopic (exact) mass is 622 g/mol. The third kappa shape index (κ3) is 10.8. The average Bonchev–Trinajstić information content (AvgIpc) is 2.98. The van der Waals surface area contributed by atoms with E-state index in [9.17, 15) is 24.6 Å². The van der Waals surface area contributed by atoms with Crippen molar-refractivity contribution in [3.05, 3.63) is 125 Å². The van der Waals surface area contributed by atoms with Crippen molar-refractivity contribution in [2.24, 2.45) is 5.41 Å². The van der Waals surface area contributed by atoms with Crippen LogP contribution in [0.15, 0.2) is 114 Å². The quantitative estimate of drug-likeness (QED) is 0.106. The molecule has 2 aromatic rings. The highest BCUT2D eigenvalue weighted by atomic mass is 16.6. The normalized spacial score (nSPS) is 17.2. The Balaban J connectivity index is 1.52. The lowest BCUT2D eigenvalue weighted by Crippen LogP contribution is -2.39. The van der Waals surface area contributed by atoms with Crippen molar-refractivity contribution in [1.29, 1.82) is 0 Å². The second-order valence-corrected chi connectivity index (χ2v) is 11.9. The van der Waals surface area contributed by atoms with Gasteiger partial charge in [-0.25, -0.2) is 0 Å². The number of phenolic OH excluding ortho intramolecular Hbond substituents is 2. The van der Waals surface area contributed by atoms with Crippen LogP contribution in [0.25, 0.3) is 12.2 Å². The maximum absolute atomic E-state index is 13.1. The van der Waals surface area contributed by atoms with E-state index >= 15 is 0 Å². The number of allylic oxidation sites excluding steroid dienone is 10. The summed E-state index contributed by atoms with van der Waals surface area (Å²) in [6.07, 6.45) is 16.0. The van der Waals surface area contributed by atoms with Crippen molar-refractivity contribution >= 4 is 29.9 Å². The van der Waals surface area contributed by atoms with Gasteiger partial charge in [-0.3, -0.25) is 14.4 Å². The molecule has 7 nitrogen and oxygen atoms in total. The number of aromatic hydroxyl groups is 2. The molecule has 0 bridgehead atoms. The molecule has 2 N–H and O–H groups in total. The fraction of sp³-hybridized carbons (Fsp3) is 0.256. The van der Waals surface area contributed by atoms with Gasteiger partial charge in [0.25, 0.3) is 0 Å². The SMILES string of the molecule is C=CC=C(C)C=CC=C(C)C=CC1=C(C)C(=O)C(OC(=O)CCC(=O)Oc2ccc(C=Cc3cc(O)cc(O)c3)cc2)CC1(C)C. The minimum absolute atomic E-state index is 0.0412. The lowest BCUT2D eigenvalue weighted by atomic mass is 9.71. The summed E-state index contributed by atoms with van der Waals surface area (Å²) >= 11 is 0. The Bertz CT molecular complexity index is 1620. The van der Waals surface area contributed by atoms with Gasteiger partial charge in [0.05, 0.1) is 12.8 Å². The topological polar surface area (TPSA) is 110 Å². The van der Waals surface area contributed by atoms with E-state index in [-0.39, 0.29) is 30.1 Å². The Morgan fingerprint density at radius 2 is 1.50 bits per heavy atom. The maximum Gasteiger partial charge on any atom is 0.311 e. The number of rotatable bonds is 12. The Labute approximate surface area is 271 Å². The van der Waals surface area contributed by atoms with Crippen molar-refractivity contribution in [3.63, 3.8) is 0 Å². The van der Waals surface area contributed by atoms with Crippen molar-refractivity contribution in [2.75, 3.05) is 0 Å². The first-order valence-corrected chi connectivity index (χ1v) is 15.1. The van der Waals surface area contributed by atoms with Crippen molar-refractivity contribution < 1.29 is 34.1 Å². The highest BCUT2D eigenvalue weighted by molar-refractivity contribution is 6.01. The number of hydrogen-bond donors (Lipinski definition) is 2. The second kappa shape index (κ2) is 16.2. The molecule has 0 aromatic heterocycles. The van der Waals surface area contributed by atoms with Crippen LogP contribution in [-0.2, 0) is 19.1 Å². The standard InChI is InChI=1S/C39H42O7/c1-7-9-26(2)10-8-11-27(3)12-19-34-28(4)38(44)35(25-39(34,5)6)46-37(43)21-20-36(42)45-33-17-15-29(16-18-33)13-14-30-22-31(40)24-32(41)23-30/h7-19,22-24,35,40-41H,1,20-21,25H2,2-6H3. The highest BCUT2D eigenvalue weighted by Gasteiger charge is 2.39. The van der Waals surface area contributed by atoms with Gasteiger partial charge in [0.1, 0.15) is 17.2 Å². The highest BCUT2D eigenvalue weighted by Crippen LogP contribution is 2.41. The van der Waals surface area contributed by atoms with Crippen molar-refractivity contribution in [2.45, 2.75) is 60.0 Å². The molecule has 0 aliphatic heterocycles. The molecule has 0 amide bonds. The predicted molar refractivity (Wildman–Crippen MR) is 182 cm³/mol. The maximum atomic E-state index is 13.1. The van der Waals surface area contributed by atoms with Crippen molar-refractivity contribution in [3.8, 4) is 17.2 Å². The van der Waals surface area contributed by atoms with Gasteiger partial charge in [-0.05, 0) is 72.7 Å². The van der Waals surface area contributed by atoms with Crippen LogP contribution >= 0.6 is 0 Å². The average molecular weight is 623 g/mol. The van der Waals surface area contributed by atoms with E-state index < -0.39 is 23.5 Å². The summed E-state index contributed by atoms with van der Waals surface area (Å²) in [5.74, 6) is -1.24. The van der Waals surface area contributed by atoms with Crippen LogP contribution < -0.4 is 4.74 Å². The van der Waals surface area contributed by atoms with E-state index in [2.05, 4.69) is 6.58 Å². The molecule has 1 unspecified atom stereocenters. The van der Waals surface area contributed by atoms with E-state index in [0.717, 1.165) is 22.3 Å². The number of esters is 2. The second-order valence-electron chi connectivity index (χ2n) is 11.9. The van der Waals surface area contributed by atoms with Gasteiger partial charge < -0.3 is 19.7 Å². The van der Waals surface area contributed by atoms with Crippen LogP contribution in [0, 0.1) is 5.41 Å². The van der Waals surface area contributed by atoms with Crippen molar-refractivity contribution in [1.82, 2.24) is 0 Å². The molecule has 1 atom stereocenters. The first-order valence-electron chi connectivity index (χ1n) is 15.1. The van der Waals surface area contributed by atoms with Gasteiger partial charge in [0.2, 0.25) is 0 Å². The number of ether oxygens (including phenoxy) is 2. The third-order valence-electron chi connectivity index (χ3n) is 7.41. The summed E-state index contributed by atoms with van der Waals surface area (Å²) in [6, 6.07) is 11.0. The predicted octanol–water partition coefficient (Wildman–Crippen LogP) is 8.37. The minimum Gasteiger partial charge on any atom is -0.508 e. The smallest absolute Gasteiger partial charge is 0.311 e. The molecule has 3 rings (SSSR count). The van der Waals surface area contributed by atoms with Crippen LogP contribution in [-0.4, -0.2) is 34.0 Å². The molecule has 0 fully saturated rings.